The molecule has 1 aromatic carbocycles. The summed E-state index contributed by atoms with van der Waals surface area (Å²) in [6, 6.07) is 10.2. The molecule has 0 aliphatic carbocycles. The Labute approximate surface area is 122 Å². The van der Waals surface area contributed by atoms with E-state index in [2.05, 4.69) is 26.8 Å². The van der Waals surface area contributed by atoms with Crippen LogP contribution >= 0.6 is 0 Å². The summed E-state index contributed by atoms with van der Waals surface area (Å²) < 4.78 is 3.95. The van der Waals surface area contributed by atoms with Gasteiger partial charge in [-0.1, -0.05) is 30.3 Å². The average molecular weight is 284 g/mol. The summed E-state index contributed by atoms with van der Waals surface area (Å²) in [5, 5.41) is 11.1. The predicted molar refractivity (Wildman–Crippen MR) is 78.7 cm³/mol. The van der Waals surface area contributed by atoms with E-state index < -0.39 is 0 Å². The Hall–Kier alpha value is -2.89. The third-order valence-corrected chi connectivity index (χ3v) is 2.86. The summed E-state index contributed by atoms with van der Waals surface area (Å²) in [7, 11) is 1.93. The zero-order valence-electron chi connectivity index (χ0n) is 11.6. The molecular formula is C15H16N4O2. The van der Waals surface area contributed by atoms with Crippen molar-refractivity contribution in [1.82, 2.24) is 19.3 Å². The van der Waals surface area contributed by atoms with E-state index in [1.165, 1.54) is 5.56 Å². The van der Waals surface area contributed by atoms with E-state index in [0.717, 1.165) is 17.9 Å². The van der Waals surface area contributed by atoms with Crippen LogP contribution in [-0.2, 0) is 18.4 Å². The van der Waals surface area contributed by atoms with Crippen molar-refractivity contribution in [2.75, 3.05) is 0 Å². The fourth-order valence-corrected chi connectivity index (χ4v) is 2.03. The minimum atomic E-state index is -0.250. The molecule has 2 heterocycles. The maximum atomic E-state index is 8.36. The Morgan fingerprint density at radius 1 is 1.29 bits per heavy atom. The van der Waals surface area contributed by atoms with E-state index in [-0.39, 0.29) is 6.47 Å². The van der Waals surface area contributed by atoms with Crippen LogP contribution in [0, 0.1) is 0 Å². The molecule has 0 aliphatic heterocycles. The Morgan fingerprint density at radius 2 is 2.00 bits per heavy atom. The molecule has 21 heavy (non-hydrogen) atoms. The molecule has 0 amide bonds. The maximum absolute atomic E-state index is 8.36. The molecule has 6 nitrogen and oxygen atoms in total. The molecule has 0 bridgehead atoms. The van der Waals surface area contributed by atoms with Crippen molar-refractivity contribution in [3.8, 4) is 11.4 Å². The van der Waals surface area contributed by atoms with Crippen molar-refractivity contribution in [2.24, 2.45) is 7.05 Å². The van der Waals surface area contributed by atoms with Crippen LogP contribution in [-0.4, -0.2) is 30.9 Å². The number of carbonyl (C=O) groups is 1. The second kappa shape index (κ2) is 7.04. The van der Waals surface area contributed by atoms with Crippen molar-refractivity contribution in [3.05, 3.63) is 60.7 Å². The topological polar surface area (TPSA) is 72.9 Å². The molecule has 3 aromatic rings. The highest BCUT2D eigenvalue weighted by atomic mass is 16.3. The van der Waals surface area contributed by atoms with E-state index in [9.17, 15) is 0 Å². The number of aromatic nitrogens is 4. The highest BCUT2D eigenvalue weighted by Gasteiger charge is 2.06. The third kappa shape index (κ3) is 3.79. The summed E-state index contributed by atoms with van der Waals surface area (Å²) >= 11 is 0. The maximum Gasteiger partial charge on any atom is 0.290 e. The van der Waals surface area contributed by atoms with Gasteiger partial charge in [0.15, 0.2) is 0 Å². The van der Waals surface area contributed by atoms with Crippen LogP contribution < -0.4 is 0 Å². The van der Waals surface area contributed by atoms with Gasteiger partial charge in [0.25, 0.3) is 6.47 Å². The van der Waals surface area contributed by atoms with Crippen molar-refractivity contribution in [2.45, 2.75) is 6.54 Å². The van der Waals surface area contributed by atoms with Gasteiger partial charge in [-0.05, 0) is 0 Å². The first kappa shape index (κ1) is 14.5. The standard InChI is InChI=1S/C14H14N4.CH2O2/c1-17-10-12(9-16-17)11-18-8-7-15-14(18)13-5-3-2-4-6-13;2-1-3/h2-10H,11H2,1H3;1H,(H,2,3). The van der Waals surface area contributed by atoms with Gasteiger partial charge in [-0.25, -0.2) is 4.98 Å². The van der Waals surface area contributed by atoms with Crippen LogP contribution in [0.1, 0.15) is 5.56 Å². The molecular weight excluding hydrogens is 268 g/mol. The zero-order valence-corrected chi connectivity index (χ0v) is 11.6. The van der Waals surface area contributed by atoms with Gasteiger partial charge in [0.2, 0.25) is 0 Å². The lowest BCUT2D eigenvalue weighted by molar-refractivity contribution is -0.122. The first-order valence-corrected chi connectivity index (χ1v) is 6.36. The van der Waals surface area contributed by atoms with Gasteiger partial charge in [-0.2, -0.15) is 5.10 Å². The molecule has 3 rings (SSSR count). The fourth-order valence-electron chi connectivity index (χ4n) is 2.03. The molecule has 108 valence electrons. The van der Waals surface area contributed by atoms with Gasteiger partial charge >= 0.3 is 0 Å². The first-order valence-electron chi connectivity index (χ1n) is 6.36. The van der Waals surface area contributed by atoms with Crippen molar-refractivity contribution in [3.63, 3.8) is 0 Å². The van der Waals surface area contributed by atoms with Crippen LogP contribution in [0.2, 0.25) is 0 Å². The Morgan fingerprint density at radius 3 is 2.62 bits per heavy atom. The molecule has 1 N–H and O–H groups in total. The number of aryl methyl sites for hydroxylation is 1. The van der Waals surface area contributed by atoms with Gasteiger partial charge in [-0.15, -0.1) is 0 Å². The summed E-state index contributed by atoms with van der Waals surface area (Å²) in [6.45, 7) is 0.540. The summed E-state index contributed by atoms with van der Waals surface area (Å²) in [4.78, 5) is 12.8. The Balaban J connectivity index is 0.000000497. The number of benzene rings is 1. The molecule has 0 atom stereocenters. The predicted octanol–water partition coefficient (Wildman–Crippen LogP) is 2.03. The van der Waals surface area contributed by atoms with Crippen LogP contribution in [0.4, 0.5) is 0 Å². The smallest absolute Gasteiger partial charge is 0.290 e. The van der Waals surface area contributed by atoms with E-state index in [1.54, 1.807) is 0 Å². The zero-order chi connectivity index (χ0) is 15.1. The number of hydrogen-bond acceptors (Lipinski definition) is 3. The second-order valence-corrected chi connectivity index (χ2v) is 4.37. The normalized spacial score (nSPS) is 9.76. The van der Waals surface area contributed by atoms with Crippen LogP contribution in [0.5, 0.6) is 0 Å². The quantitative estimate of drug-likeness (QED) is 0.747. The molecule has 2 aromatic heterocycles. The van der Waals surface area contributed by atoms with Gasteiger partial charge in [-0.3, -0.25) is 9.48 Å². The molecule has 0 unspecified atom stereocenters. The number of nitrogens with zero attached hydrogens (tertiary/aromatic N) is 4. The SMILES string of the molecule is Cn1cc(Cn2ccnc2-c2ccccc2)cn1.O=CO. The third-order valence-electron chi connectivity index (χ3n) is 2.86. The van der Waals surface area contributed by atoms with Crippen molar-refractivity contribution < 1.29 is 9.90 Å². The average Bonchev–Trinajstić information content (AvgIpc) is 3.10. The number of rotatable bonds is 3. The summed E-state index contributed by atoms with van der Waals surface area (Å²) in [5.41, 5.74) is 2.30. The fraction of sp³-hybridized carbons (Fsp3) is 0.133. The first-order chi connectivity index (χ1) is 10.2. The van der Waals surface area contributed by atoms with Crippen LogP contribution in [0.3, 0.4) is 0 Å². The largest absolute Gasteiger partial charge is 0.483 e. The van der Waals surface area contributed by atoms with Gasteiger partial charge < -0.3 is 9.67 Å². The van der Waals surface area contributed by atoms with Crippen molar-refractivity contribution in [1.29, 1.82) is 0 Å². The second-order valence-electron chi connectivity index (χ2n) is 4.37. The minimum Gasteiger partial charge on any atom is -0.483 e. The highest BCUT2D eigenvalue weighted by Crippen LogP contribution is 2.17. The van der Waals surface area contributed by atoms with Gasteiger partial charge in [0, 0.05) is 36.8 Å². The van der Waals surface area contributed by atoms with Crippen LogP contribution in [0.25, 0.3) is 11.4 Å². The van der Waals surface area contributed by atoms with E-state index in [0.29, 0.717) is 0 Å². The molecule has 0 spiro atoms. The van der Waals surface area contributed by atoms with E-state index in [1.807, 2.05) is 54.7 Å². The lowest BCUT2D eigenvalue weighted by Gasteiger charge is -2.06. The lowest BCUT2D eigenvalue weighted by Crippen LogP contribution is -2.00. The molecule has 0 fully saturated rings. The molecule has 0 radical (unpaired) electrons. The number of imidazole rings is 1. The van der Waals surface area contributed by atoms with Crippen molar-refractivity contribution >= 4 is 6.47 Å². The van der Waals surface area contributed by atoms with Gasteiger partial charge in [0.05, 0.1) is 12.7 Å². The Kier molecular flexibility index (Phi) is 4.87. The summed E-state index contributed by atoms with van der Waals surface area (Å²) in [6.07, 6.45) is 7.73. The molecule has 0 saturated carbocycles. The van der Waals surface area contributed by atoms with E-state index in [4.69, 9.17) is 9.90 Å². The number of hydrogen-bond donors (Lipinski definition) is 1. The Bertz CT molecular complexity index is 689. The molecule has 0 saturated heterocycles. The minimum absolute atomic E-state index is 0.250. The summed E-state index contributed by atoms with van der Waals surface area (Å²) in [5.74, 6) is 0.986. The van der Waals surface area contributed by atoms with Crippen LogP contribution in [0.15, 0.2) is 55.1 Å². The number of carboxylic acid groups (broad SMARTS) is 1. The van der Waals surface area contributed by atoms with E-state index >= 15 is 0 Å². The monoisotopic (exact) mass is 284 g/mol. The molecule has 6 heteroatoms. The van der Waals surface area contributed by atoms with Gasteiger partial charge in [0.1, 0.15) is 5.82 Å². The molecule has 0 aliphatic rings. The highest BCUT2D eigenvalue weighted by molar-refractivity contribution is 5.55. The lowest BCUT2D eigenvalue weighted by atomic mass is 10.2.